The molecule has 0 aromatic rings. The van der Waals surface area contributed by atoms with E-state index in [1.54, 1.807) is 6.92 Å². The number of esters is 1. The highest BCUT2D eigenvalue weighted by Gasteiger charge is 2.55. The summed E-state index contributed by atoms with van der Waals surface area (Å²) in [5, 5.41) is 10.6. The van der Waals surface area contributed by atoms with Gasteiger partial charge in [-0.25, -0.2) is 4.79 Å². The van der Waals surface area contributed by atoms with E-state index in [2.05, 4.69) is 39.9 Å². The van der Waals surface area contributed by atoms with Crippen LogP contribution in [0.1, 0.15) is 125 Å². The van der Waals surface area contributed by atoms with Gasteiger partial charge in [0.05, 0.1) is 7.11 Å². The number of methoxy groups -OCH3 is 1. The van der Waals surface area contributed by atoms with E-state index in [0.29, 0.717) is 0 Å². The van der Waals surface area contributed by atoms with Gasteiger partial charge in [0.25, 0.3) is 0 Å². The van der Waals surface area contributed by atoms with Gasteiger partial charge in [-0.1, -0.05) is 112 Å². The molecule has 1 unspecified atom stereocenters. The molecule has 0 aromatic carbocycles. The van der Waals surface area contributed by atoms with Gasteiger partial charge in [-0.2, -0.15) is 0 Å². The van der Waals surface area contributed by atoms with Crippen LogP contribution in [-0.2, 0) is 9.53 Å². The summed E-state index contributed by atoms with van der Waals surface area (Å²) in [4.78, 5) is 12.6. The monoisotopic (exact) mass is 425 g/mol. The molecule has 0 aliphatic heterocycles. The van der Waals surface area contributed by atoms with Gasteiger partial charge in [0, 0.05) is 5.41 Å². The molecule has 0 aliphatic carbocycles. The molecular formula is C25H51N3O2. The zero-order valence-corrected chi connectivity index (χ0v) is 21.1. The van der Waals surface area contributed by atoms with Crippen LogP contribution in [0.2, 0.25) is 0 Å². The van der Waals surface area contributed by atoms with Crippen molar-refractivity contribution in [1.29, 1.82) is 5.41 Å². The first-order chi connectivity index (χ1) is 14.0. The maximum absolute atomic E-state index is 12.6. The van der Waals surface area contributed by atoms with Crippen molar-refractivity contribution in [2.24, 2.45) is 16.6 Å². The maximum atomic E-state index is 12.6. The molecule has 0 saturated heterocycles. The third-order valence-electron chi connectivity index (χ3n) is 7.58. The minimum absolute atomic E-state index is 0.128. The Morgan fingerprint density at radius 3 is 1.60 bits per heavy atom. The lowest BCUT2D eigenvalue weighted by atomic mass is 9.56. The van der Waals surface area contributed by atoms with E-state index >= 15 is 0 Å². The molecule has 178 valence electrons. The van der Waals surface area contributed by atoms with E-state index in [4.69, 9.17) is 15.9 Å². The van der Waals surface area contributed by atoms with E-state index in [-0.39, 0.29) is 17.3 Å². The standard InChI is InChI=1S/C25H51N3O2/c1-8-9-10-11-12-13-14-15-16-17-18-19-20-23(2,3)24(4,5)25(6,21(29)30-7)28-22(26)27/h8-20H2,1-7H3,(H4,26,27,28). The Balaban J connectivity index is 4.39. The quantitative estimate of drug-likeness (QED) is 0.107. The van der Waals surface area contributed by atoms with Crippen molar-refractivity contribution < 1.29 is 9.53 Å². The number of nitrogens with two attached hydrogens (primary N) is 1. The largest absolute Gasteiger partial charge is 0.467 e. The topological polar surface area (TPSA) is 88.2 Å². The van der Waals surface area contributed by atoms with Gasteiger partial charge in [-0.05, 0) is 18.8 Å². The molecule has 30 heavy (non-hydrogen) atoms. The molecule has 0 aliphatic rings. The van der Waals surface area contributed by atoms with Gasteiger partial charge < -0.3 is 15.8 Å². The maximum Gasteiger partial charge on any atom is 0.331 e. The highest BCUT2D eigenvalue weighted by atomic mass is 16.5. The molecule has 0 spiro atoms. The summed E-state index contributed by atoms with van der Waals surface area (Å²) >= 11 is 0. The molecule has 0 amide bonds. The van der Waals surface area contributed by atoms with E-state index in [1.807, 2.05) is 0 Å². The number of hydrogen-bond acceptors (Lipinski definition) is 3. The van der Waals surface area contributed by atoms with Crippen LogP contribution >= 0.6 is 0 Å². The minimum Gasteiger partial charge on any atom is -0.467 e. The van der Waals surface area contributed by atoms with Crippen LogP contribution in [0.15, 0.2) is 0 Å². The number of rotatable bonds is 17. The minimum atomic E-state index is -1.06. The van der Waals surface area contributed by atoms with Crippen LogP contribution in [0.3, 0.4) is 0 Å². The summed E-state index contributed by atoms with van der Waals surface area (Å²) in [7, 11) is 1.39. The molecule has 5 heteroatoms. The lowest BCUT2D eigenvalue weighted by Gasteiger charge is -2.52. The Kier molecular flexibility index (Phi) is 13.3. The van der Waals surface area contributed by atoms with E-state index < -0.39 is 11.0 Å². The summed E-state index contributed by atoms with van der Waals surface area (Å²) in [6, 6.07) is 0. The summed E-state index contributed by atoms with van der Waals surface area (Å²) < 4.78 is 5.06. The fourth-order valence-corrected chi connectivity index (χ4v) is 4.33. The zero-order valence-electron chi connectivity index (χ0n) is 21.1. The van der Waals surface area contributed by atoms with Gasteiger partial charge in [0.15, 0.2) is 5.96 Å². The fourth-order valence-electron chi connectivity index (χ4n) is 4.33. The Hall–Kier alpha value is -1.26. The highest BCUT2D eigenvalue weighted by molar-refractivity contribution is 5.88. The van der Waals surface area contributed by atoms with Gasteiger partial charge >= 0.3 is 5.97 Å². The number of guanidine groups is 1. The molecule has 0 fully saturated rings. The Bertz CT molecular complexity index is 503. The smallest absolute Gasteiger partial charge is 0.331 e. The van der Waals surface area contributed by atoms with Crippen LogP contribution in [-0.4, -0.2) is 24.6 Å². The molecular weight excluding hydrogens is 374 g/mol. The molecule has 0 bridgehead atoms. The normalized spacial score (nSPS) is 14.2. The number of ether oxygens (including phenoxy) is 1. The number of unbranched alkanes of at least 4 members (excludes halogenated alkanes) is 11. The molecule has 1 atom stereocenters. The molecule has 4 N–H and O–H groups in total. The summed E-state index contributed by atoms with van der Waals surface area (Å²) in [6.45, 7) is 12.6. The van der Waals surface area contributed by atoms with Gasteiger partial charge in [0.1, 0.15) is 5.54 Å². The van der Waals surface area contributed by atoms with Crippen molar-refractivity contribution in [3.05, 3.63) is 0 Å². The highest BCUT2D eigenvalue weighted by Crippen LogP contribution is 2.50. The fraction of sp³-hybridized carbons (Fsp3) is 0.920. The third kappa shape index (κ3) is 8.85. The van der Waals surface area contributed by atoms with E-state index in [0.717, 1.165) is 12.8 Å². The van der Waals surface area contributed by atoms with Crippen molar-refractivity contribution in [3.63, 3.8) is 0 Å². The van der Waals surface area contributed by atoms with E-state index in [9.17, 15) is 4.79 Å². The van der Waals surface area contributed by atoms with Crippen molar-refractivity contribution in [3.8, 4) is 0 Å². The molecule has 5 nitrogen and oxygen atoms in total. The summed E-state index contributed by atoms with van der Waals surface area (Å²) in [5.74, 6) is -0.595. The van der Waals surface area contributed by atoms with E-state index in [1.165, 1.54) is 77.7 Å². The zero-order chi connectivity index (χ0) is 23.3. The third-order valence-corrected chi connectivity index (χ3v) is 7.58. The molecule has 0 radical (unpaired) electrons. The molecule has 0 aromatic heterocycles. The predicted octanol–water partition coefficient (Wildman–Crippen LogP) is 6.54. The number of nitrogens with one attached hydrogen (secondary N) is 2. The first-order valence-electron chi connectivity index (χ1n) is 12.2. The number of carbonyl (C=O) groups excluding carboxylic acids is 1. The predicted molar refractivity (Wildman–Crippen MR) is 129 cm³/mol. The Morgan fingerprint density at radius 1 is 0.833 bits per heavy atom. The van der Waals surface area contributed by atoms with Crippen molar-refractivity contribution in [2.75, 3.05) is 7.11 Å². The molecule has 0 heterocycles. The average molecular weight is 426 g/mol. The van der Waals surface area contributed by atoms with Gasteiger partial charge in [0.2, 0.25) is 0 Å². The second kappa shape index (κ2) is 13.9. The number of carbonyl (C=O) groups is 1. The van der Waals surface area contributed by atoms with Crippen molar-refractivity contribution in [1.82, 2.24) is 5.32 Å². The lowest BCUT2D eigenvalue weighted by molar-refractivity contribution is -0.157. The second-order valence-corrected chi connectivity index (χ2v) is 10.3. The lowest BCUT2D eigenvalue weighted by Crippen LogP contribution is -2.66. The molecule has 0 rings (SSSR count). The van der Waals surface area contributed by atoms with Crippen molar-refractivity contribution >= 4 is 11.9 Å². The first-order valence-corrected chi connectivity index (χ1v) is 12.2. The number of hydrogen-bond donors (Lipinski definition) is 3. The Morgan fingerprint density at radius 2 is 1.23 bits per heavy atom. The summed E-state index contributed by atoms with van der Waals surface area (Å²) in [5.41, 5.74) is 3.94. The van der Waals surface area contributed by atoms with Gasteiger partial charge in [-0.3, -0.25) is 5.41 Å². The molecule has 0 saturated carbocycles. The second-order valence-electron chi connectivity index (χ2n) is 10.3. The van der Waals surface area contributed by atoms with Gasteiger partial charge in [-0.15, -0.1) is 0 Å². The van der Waals surface area contributed by atoms with Crippen LogP contribution in [0, 0.1) is 16.2 Å². The van der Waals surface area contributed by atoms with Crippen LogP contribution in [0.25, 0.3) is 0 Å². The Labute approximate surface area is 186 Å². The first kappa shape index (κ1) is 28.7. The van der Waals surface area contributed by atoms with Crippen LogP contribution in [0.5, 0.6) is 0 Å². The SMILES string of the molecule is CCCCCCCCCCCCCCC(C)(C)C(C)(C)C(C)(NC(=N)N)C(=O)OC. The van der Waals surface area contributed by atoms with Crippen molar-refractivity contribution in [2.45, 2.75) is 131 Å². The average Bonchev–Trinajstić information content (AvgIpc) is 2.67. The van der Waals surface area contributed by atoms with Crippen LogP contribution in [0.4, 0.5) is 0 Å². The summed E-state index contributed by atoms with van der Waals surface area (Å²) in [6.07, 6.45) is 17.0. The van der Waals surface area contributed by atoms with Crippen LogP contribution < -0.4 is 11.1 Å².